The van der Waals surface area contributed by atoms with Crippen molar-refractivity contribution < 1.29 is 19.1 Å². The van der Waals surface area contributed by atoms with E-state index in [1.54, 1.807) is 43.3 Å². The van der Waals surface area contributed by atoms with Gasteiger partial charge in [0.05, 0.1) is 6.04 Å². The molecule has 2 aromatic carbocycles. The number of amides is 2. The minimum Gasteiger partial charge on any atom is -0.454 e. The summed E-state index contributed by atoms with van der Waals surface area (Å²) in [5.74, 6) is -1.60. The predicted molar refractivity (Wildman–Crippen MR) is 107 cm³/mol. The first-order valence-electron chi connectivity index (χ1n) is 8.51. The lowest BCUT2D eigenvalue weighted by Crippen LogP contribution is -2.34. The highest BCUT2D eigenvalue weighted by molar-refractivity contribution is 6.35. The molecule has 2 amide bonds. The smallest absolute Gasteiger partial charge is 0.325 e. The summed E-state index contributed by atoms with van der Waals surface area (Å²) in [6.07, 6.45) is 0. The van der Waals surface area contributed by atoms with E-state index in [1.807, 2.05) is 13.0 Å². The van der Waals surface area contributed by atoms with Gasteiger partial charge in [0.15, 0.2) is 6.61 Å². The van der Waals surface area contributed by atoms with Crippen LogP contribution in [0.2, 0.25) is 10.0 Å². The van der Waals surface area contributed by atoms with E-state index in [0.717, 1.165) is 5.56 Å². The summed E-state index contributed by atoms with van der Waals surface area (Å²) >= 11 is 12.0. The molecule has 0 aliphatic rings. The molecule has 0 bridgehead atoms. The molecule has 6 nitrogen and oxygen atoms in total. The van der Waals surface area contributed by atoms with Gasteiger partial charge in [-0.05, 0) is 43.7 Å². The fourth-order valence-corrected chi connectivity index (χ4v) is 3.02. The number of carbonyl (C=O) groups excluding carboxylic acids is 3. The Hall–Kier alpha value is -2.57. The molecule has 8 heteroatoms. The molecule has 2 rings (SSSR count). The molecule has 0 aliphatic carbocycles. The Morgan fingerprint density at radius 1 is 1.11 bits per heavy atom. The first-order chi connectivity index (χ1) is 13.3. The van der Waals surface area contributed by atoms with Crippen LogP contribution in [0.25, 0.3) is 0 Å². The van der Waals surface area contributed by atoms with Gasteiger partial charge in [-0.1, -0.05) is 47.0 Å². The van der Waals surface area contributed by atoms with E-state index < -0.39 is 30.4 Å². The molecule has 0 heterocycles. The maximum atomic E-state index is 12.0. The summed E-state index contributed by atoms with van der Waals surface area (Å²) in [6, 6.07) is 11.5. The van der Waals surface area contributed by atoms with E-state index in [2.05, 4.69) is 10.6 Å². The summed E-state index contributed by atoms with van der Waals surface area (Å²) in [6.45, 7) is 2.81. The van der Waals surface area contributed by atoms with Gasteiger partial charge in [0.1, 0.15) is 6.54 Å². The van der Waals surface area contributed by atoms with E-state index in [1.165, 1.54) is 0 Å². The Balaban J connectivity index is 1.76. The highest BCUT2D eigenvalue weighted by Gasteiger charge is 2.15. The molecular formula is C20H20Cl2N2O4. The van der Waals surface area contributed by atoms with Crippen LogP contribution >= 0.6 is 23.2 Å². The number of carbonyl (C=O) groups is 3. The average Bonchev–Trinajstić information content (AvgIpc) is 2.64. The zero-order valence-corrected chi connectivity index (χ0v) is 16.9. The number of rotatable bonds is 7. The summed E-state index contributed by atoms with van der Waals surface area (Å²) < 4.78 is 4.88. The van der Waals surface area contributed by atoms with Crippen LogP contribution < -0.4 is 10.6 Å². The number of nitrogens with one attached hydrogen (secondary N) is 2. The lowest BCUT2D eigenvalue weighted by Gasteiger charge is -2.16. The van der Waals surface area contributed by atoms with Gasteiger partial charge in [-0.25, -0.2) is 0 Å². The molecule has 1 unspecified atom stereocenters. The third kappa shape index (κ3) is 6.55. The van der Waals surface area contributed by atoms with E-state index in [-0.39, 0.29) is 6.54 Å². The van der Waals surface area contributed by atoms with Crippen LogP contribution in [-0.2, 0) is 14.3 Å². The fourth-order valence-electron chi connectivity index (χ4n) is 2.45. The molecule has 0 saturated heterocycles. The van der Waals surface area contributed by atoms with Crippen molar-refractivity contribution in [3.05, 3.63) is 69.2 Å². The second-order valence-corrected chi connectivity index (χ2v) is 7.01. The van der Waals surface area contributed by atoms with Crippen molar-refractivity contribution in [3.8, 4) is 0 Å². The third-order valence-corrected chi connectivity index (χ3v) is 4.41. The van der Waals surface area contributed by atoms with Crippen LogP contribution in [0.3, 0.4) is 0 Å². The monoisotopic (exact) mass is 422 g/mol. The molecule has 2 N–H and O–H groups in total. The molecule has 0 fully saturated rings. The van der Waals surface area contributed by atoms with Gasteiger partial charge in [-0.15, -0.1) is 0 Å². The first kappa shape index (κ1) is 21.7. The van der Waals surface area contributed by atoms with Crippen LogP contribution in [-0.4, -0.2) is 30.9 Å². The van der Waals surface area contributed by atoms with Crippen LogP contribution in [0.5, 0.6) is 0 Å². The van der Waals surface area contributed by atoms with Crippen LogP contribution in [0.4, 0.5) is 0 Å². The standard InChI is InChI=1S/C20H20Cl2N2O4/c1-12-4-3-5-14(8-12)20(27)23-10-19(26)28-11-18(25)24-13(2)16-7-6-15(21)9-17(16)22/h3-9,13H,10-11H2,1-2H3,(H,23,27)(H,24,25). The van der Waals surface area contributed by atoms with Gasteiger partial charge in [0, 0.05) is 15.6 Å². The van der Waals surface area contributed by atoms with Crippen molar-refractivity contribution in [2.75, 3.05) is 13.2 Å². The molecule has 1 atom stereocenters. The number of ether oxygens (including phenoxy) is 1. The maximum absolute atomic E-state index is 12.0. The quantitative estimate of drug-likeness (QED) is 0.669. The van der Waals surface area contributed by atoms with E-state index in [0.29, 0.717) is 21.2 Å². The minimum atomic E-state index is -0.715. The van der Waals surface area contributed by atoms with Crippen molar-refractivity contribution in [3.63, 3.8) is 0 Å². The zero-order valence-electron chi connectivity index (χ0n) is 15.4. The summed E-state index contributed by atoms with van der Waals surface area (Å²) in [4.78, 5) is 35.7. The number of aryl methyl sites for hydroxylation is 1. The molecule has 2 aromatic rings. The van der Waals surface area contributed by atoms with Gasteiger partial charge < -0.3 is 15.4 Å². The Labute approximate surface area is 173 Å². The maximum Gasteiger partial charge on any atom is 0.325 e. The first-order valence-corrected chi connectivity index (χ1v) is 9.26. The third-order valence-electron chi connectivity index (χ3n) is 3.84. The summed E-state index contributed by atoms with van der Waals surface area (Å²) in [7, 11) is 0. The van der Waals surface area contributed by atoms with Crippen LogP contribution in [0.15, 0.2) is 42.5 Å². The van der Waals surface area contributed by atoms with E-state index >= 15 is 0 Å². The van der Waals surface area contributed by atoms with Gasteiger partial charge in [0.2, 0.25) is 0 Å². The average molecular weight is 423 g/mol. The lowest BCUT2D eigenvalue weighted by molar-refractivity contribution is -0.147. The molecule has 0 aliphatic heterocycles. The van der Waals surface area contributed by atoms with Gasteiger partial charge in [-0.3, -0.25) is 14.4 Å². The van der Waals surface area contributed by atoms with Crippen LogP contribution in [0.1, 0.15) is 34.5 Å². The van der Waals surface area contributed by atoms with Crippen molar-refractivity contribution in [2.45, 2.75) is 19.9 Å². The number of hydrogen-bond donors (Lipinski definition) is 2. The summed E-state index contributed by atoms with van der Waals surface area (Å²) in [5.41, 5.74) is 2.07. The molecule has 0 aromatic heterocycles. The normalized spacial score (nSPS) is 11.4. The van der Waals surface area contributed by atoms with Crippen molar-refractivity contribution in [2.24, 2.45) is 0 Å². The number of esters is 1. The molecule has 0 spiro atoms. The van der Waals surface area contributed by atoms with Gasteiger partial charge in [0.25, 0.3) is 11.8 Å². The van der Waals surface area contributed by atoms with E-state index in [4.69, 9.17) is 27.9 Å². The van der Waals surface area contributed by atoms with Gasteiger partial charge in [-0.2, -0.15) is 0 Å². The lowest BCUT2D eigenvalue weighted by atomic mass is 10.1. The summed E-state index contributed by atoms with van der Waals surface area (Å²) in [5, 5.41) is 6.05. The number of benzene rings is 2. The second kappa shape index (κ2) is 10.1. The highest BCUT2D eigenvalue weighted by Crippen LogP contribution is 2.25. The van der Waals surface area contributed by atoms with E-state index in [9.17, 15) is 14.4 Å². The zero-order chi connectivity index (χ0) is 20.7. The minimum absolute atomic E-state index is 0.335. The number of halogens is 2. The van der Waals surface area contributed by atoms with Gasteiger partial charge >= 0.3 is 5.97 Å². The molecule has 148 valence electrons. The second-order valence-electron chi connectivity index (χ2n) is 6.17. The number of hydrogen-bond acceptors (Lipinski definition) is 4. The van der Waals surface area contributed by atoms with Crippen LogP contribution in [0, 0.1) is 6.92 Å². The Kier molecular flexibility index (Phi) is 7.84. The van der Waals surface area contributed by atoms with Crippen molar-refractivity contribution in [1.29, 1.82) is 0 Å². The highest BCUT2D eigenvalue weighted by atomic mass is 35.5. The molecule has 28 heavy (non-hydrogen) atoms. The topological polar surface area (TPSA) is 84.5 Å². The molecular weight excluding hydrogens is 403 g/mol. The Morgan fingerprint density at radius 3 is 2.54 bits per heavy atom. The SMILES string of the molecule is Cc1cccc(C(=O)NCC(=O)OCC(=O)NC(C)c2ccc(Cl)cc2Cl)c1. The molecule has 0 radical (unpaired) electrons. The predicted octanol–water partition coefficient (Wildman–Crippen LogP) is 3.45. The van der Waals surface area contributed by atoms with Crippen molar-refractivity contribution >= 4 is 41.0 Å². The van der Waals surface area contributed by atoms with Crippen molar-refractivity contribution in [1.82, 2.24) is 10.6 Å². The molecule has 0 saturated carbocycles. The fraction of sp³-hybridized carbons (Fsp3) is 0.250. The largest absolute Gasteiger partial charge is 0.454 e. The Morgan fingerprint density at radius 2 is 1.86 bits per heavy atom. The Bertz CT molecular complexity index is 886.